The fraction of sp³-hybridized carbons (Fsp3) is 0.143. The first-order chi connectivity index (χ1) is 7.45. The second-order valence-electron chi connectivity index (χ2n) is 2.46. The molecule has 0 saturated heterocycles. The molecule has 0 N–H and O–H groups in total. The Balaban J connectivity index is 2.78. The van der Waals surface area contributed by atoms with Gasteiger partial charge in [0.05, 0.1) is 16.7 Å². The first kappa shape index (κ1) is 13.5. The number of benzene rings is 1. The van der Waals surface area contributed by atoms with Crippen LogP contribution in [0.2, 0.25) is 5.02 Å². The molecule has 0 aliphatic carbocycles. The molecule has 1 atom stereocenters. The Kier molecular flexibility index (Phi) is 4.79. The van der Waals surface area contributed by atoms with Crippen LogP contribution in [0.25, 0.3) is 0 Å². The first-order valence-electron chi connectivity index (χ1n) is 3.84. The zero-order valence-electron chi connectivity index (χ0n) is 7.99. The summed E-state index contributed by atoms with van der Waals surface area (Å²) in [6.07, 6.45) is 0. The van der Waals surface area contributed by atoms with E-state index in [4.69, 9.17) is 11.6 Å². The van der Waals surface area contributed by atoms with Gasteiger partial charge in [0.25, 0.3) is 0 Å². The zero-order chi connectivity index (χ0) is 12.2. The molecule has 0 aliphatic heterocycles. The Labute approximate surface area is 98.1 Å². The average molecular weight is 286 g/mol. The van der Waals surface area contributed by atoms with E-state index in [0.717, 1.165) is 7.11 Å². The maximum absolute atomic E-state index is 11.4. The summed E-state index contributed by atoms with van der Waals surface area (Å²) in [4.78, 5) is -0.170. The summed E-state index contributed by atoms with van der Waals surface area (Å²) in [5, 5.41) is 0.378. The molecule has 0 fully saturated rings. The van der Waals surface area contributed by atoms with E-state index < -0.39 is 18.4 Å². The van der Waals surface area contributed by atoms with Crippen LogP contribution in [-0.4, -0.2) is 15.5 Å². The Morgan fingerprint density at radius 2 is 1.81 bits per heavy atom. The summed E-state index contributed by atoms with van der Waals surface area (Å²) in [5.41, 5.74) is 0. The van der Waals surface area contributed by atoms with Crippen LogP contribution < -0.4 is 0 Å². The lowest BCUT2D eigenvalue weighted by Gasteiger charge is -1.98. The van der Waals surface area contributed by atoms with Gasteiger partial charge in [0.2, 0.25) is 0 Å². The topological polar surface area (TPSA) is 78.9 Å². The highest BCUT2D eigenvalue weighted by Gasteiger charge is 2.26. The van der Waals surface area contributed by atoms with Crippen molar-refractivity contribution >= 4 is 30.0 Å². The predicted molar refractivity (Wildman–Crippen MR) is 55.4 cm³/mol. The number of hydrogen-bond donors (Lipinski definition) is 0. The van der Waals surface area contributed by atoms with E-state index in [1.54, 1.807) is 0 Å². The predicted octanol–water partition coefficient (Wildman–Crippen LogP) is 2.28. The molecule has 0 saturated carbocycles. The molecule has 1 unspecified atom stereocenters. The highest BCUT2D eigenvalue weighted by Crippen LogP contribution is 2.25. The third-order valence-corrected chi connectivity index (χ3v) is 3.38. The Morgan fingerprint density at radius 1 is 1.25 bits per heavy atom. The second-order valence-corrected chi connectivity index (χ2v) is 5.37. The smallest absolute Gasteiger partial charge is 0.191 e. The van der Waals surface area contributed by atoms with E-state index in [-0.39, 0.29) is 4.90 Å². The normalized spacial score (nSPS) is 12.5. The fourth-order valence-corrected chi connectivity index (χ4v) is 1.99. The van der Waals surface area contributed by atoms with Crippen molar-refractivity contribution in [2.24, 2.45) is 0 Å². The summed E-state index contributed by atoms with van der Waals surface area (Å²) in [5.74, 6) is 0. The lowest BCUT2D eigenvalue weighted by molar-refractivity contribution is -0.0962. The average Bonchev–Trinajstić information content (AvgIpc) is 2.26. The molecule has 0 spiro atoms. The Hall–Kier alpha value is -0.560. The van der Waals surface area contributed by atoms with Gasteiger partial charge < -0.3 is 0 Å². The molecule has 88 valence electrons. The summed E-state index contributed by atoms with van der Waals surface area (Å²) in [7, 11) is -5.66. The van der Waals surface area contributed by atoms with E-state index >= 15 is 0 Å². The minimum absolute atomic E-state index is 0.170. The minimum Gasteiger partial charge on any atom is -0.191 e. The van der Waals surface area contributed by atoms with Crippen LogP contribution in [0.4, 0.5) is 0 Å². The molecule has 0 heterocycles. The lowest BCUT2D eigenvalue weighted by atomic mass is 10.4. The molecule has 9 heteroatoms. The van der Waals surface area contributed by atoms with Crippen LogP contribution in [0.15, 0.2) is 29.2 Å². The van der Waals surface area contributed by atoms with Crippen molar-refractivity contribution in [3.05, 3.63) is 29.3 Å². The van der Waals surface area contributed by atoms with Gasteiger partial charge in [-0.25, -0.2) is 0 Å². The Bertz CT molecular complexity index is 470. The van der Waals surface area contributed by atoms with Gasteiger partial charge in [-0.1, -0.05) is 15.9 Å². The van der Waals surface area contributed by atoms with Gasteiger partial charge in [-0.05, 0) is 24.3 Å². The quantitative estimate of drug-likeness (QED) is 0.469. The summed E-state index contributed by atoms with van der Waals surface area (Å²) in [6, 6.07) is 5.18. The van der Waals surface area contributed by atoms with Crippen molar-refractivity contribution in [2.75, 3.05) is 7.11 Å². The minimum atomic E-state index is -4.13. The van der Waals surface area contributed by atoms with Gasteiger partial charge >= 0.3 is 18.4 Å². The lowest BCUT2D eigenvalue weighted by Crippen LogP contribution is -2.04. The van der Waals surface area contributed by atoms with Crippen LogP contribution in [-0.2, 0) is 28.2 Å². The fourth-order valence-electron chi connectivity index (χ4n) is 0.736. The molecule has 0 aromatic heterocycles. The van der Waals surface area contributed by atoms with Crippen LogP contribution in [0, 0.1) is 0 Å². The maximum Gasteiger partial charge on any atom is 0.729 e. The Morgan fingerprint density at radius 3 is 2.31 bits per heavy atom. The van der Waals surface area contributed by atoms with Gasteiger partial charge in [0.1, 0.15) is 0 Å². The largest absolute Gasteiger partial charge is 0.729 e. The maximum atomic E-state index is 11.4. The van der Waals surface area contributed by atoms with Crippen molar-refractivity contribution in [1.29, 1.82) is 0 Å². The monoisotopic (exact) mass is 285 g/mol. The summed E-state index contributed by atoms with van der Waals surface area (Å²) >= 11 is 5.58. The van der Waals surface area contributed by atoms with Gasteiger partial charge in [-0.3, -0.25) is 0 Å². The number of halogens is 1. The molecular formula is C7H7ClO6PS+. The SMILES string of the molecule is CO[P+](=O)OOS(=O)(=O)c1ccc(Cl)cc1. The van der Waals surface area contributed by atoms with E-state index in [2.05, 4.69) is 13.5 Å². The van der Waals surface area contributed by atoms with E-state index in [9.17, 15) is 13.0 Å². The van der Waals surface area contributed by atoms with Gasteiger partial charge in [-0.15, -0.1) is 4.52 Å². The molecule has 1 rings (SSSR count). The third kappa shape index (κ3) is 3.79. The van der Waals surface area contributed by atoms with Gasteiger partial charge in [0, 0.05) is 9.59 Å². The van der Waals surface area contributed by atoms with E-state index in [1.165, 1.54) is 24.3 Å². The van der Waals surface area contributed by atoms with Crippen LogP contribution in [0.1, 0.15) is 0 Å². The van der Waals surface area contributed by atoms with E-state index in [0.29, 0.717) is 5.02 Å². The molecule has 0 amide bonds. The van der Waals surface area contributed by atoms with Crippen molar-refractivity contribution in [3.8, 4) is 0 Å². The van der Waals surface area contributed by atoms with Gasteiger partial charge in [0.15, 0.2) is 0 Å². The summed E-state index contributed by atoms with van der Waals surface area (Å²) in [6.45, 7) is 0. The standard InChI is InChI=1S/C7H7ClO6PS/c1-12-15(9)13-14-16(10,11)7-4-2-6(8)3-5-7/h2-5H,1H3/q+1. The number of hydrogen-bond acceptors (Lipinski definition) is 6. The molecule has 0 aliphatic rings. The van der Waals surface area contributed by atoms with Crippen molar-refractivity contribution in [2.45, 2.75) is 4.90 Å². The van der Waals surface area contributed by atoms with Crippen LogP contribution >= 0.6 is 19.9 Å². The molecule has 1 aromatic carbocycles. The molecule has 1 aromatic rings. The summed E-state index contributed by atoms with van der Waals surface area (Å²) < 4.78 is 45.6. The highest BCUT2D eigenvalue weighted by molar-refractivity contribution is 7.86. The van der Waals surface area contributed by atoms with Gasteiger partial charge in [-0.2, -0.15) is 8.42 Å². The van der Waals surface area contributed by atoms with Crippen molar-refractivity contribution in [3.63, 3.8) is 0 Å². The molecule has 6 nitrogen and oxygen atoms in total. The molecular weight excluding hydrogens is 279 g/mol. The molecule has 0 bridgehead atoms. The highest BCUT2D eigenvalue weighted by atomic mass is 35.5. The second kappa shape index (κ2) is 5.67. The third-order valence-electron chi connectivity index (χ3n) is 1.43. The van der Waals surface area contributed by atoms with Crippen molar-refractivity contribution in [1.82, 2.24) is 0 Å². The van der Waals surface area contributed by atoms with E-state index in [1.807, 2.05) is 0 Å². The zero-order valence-corrected chi connectivity index (χ0v) is 10.5. The molecule has 0 radical (unpaired) electrons. The number of rotatable bonds is 5. The van der Waals surface area contributed by atoms with Crippen molar-refractivity contribution < 1.29 is 26.5 Å². The van der Waals surface area contributed by atoms with Crippen LogP contribution in [0.5, 0.6) is 0 Å². The first-order valence-corrected chi connectivity index (χ1v) is 6.72. The molecule has 16 heavy (non-hydrogen) atoms. The van der Waals surface area contributed by atoms with Crippen LogP contribution in [0.3, 0.4) is 0 Å².